The Hall–Kier alpha value is -3.32. The molecule has 3 aliphatic rings. The zero-order valence-electron chi connectivity index (χ0n) is 17.9. The van der Waals surface area contributed by atoms with E-state index in [2.05, 4.69) is 39.6 Å². The van der Waals surface area contributed by atoms with Crippen LogP contribution in [0.15, 0.2) is 54.7 Å². The molecule has 164 valence electrons. The van der Waals surface area contributed by atoms with Gasteiger partial charge < -0.3 is 14.8 Å². The first-order valence-electron chi connectivity index (χ1n) is 11.3. The highest BCUT2D eigenvalue weighted by atomic mass is 16.7. The molecule has 1 N–H and O–H groups in total. The van der Waals surface area contributed by atoms with Crippen molar-refractivity contribution < 1.29 is 14.3 Å². The smallest absolute Gasteiger partial charge is 0.256 e. The van der Waals surface area contributed by atoms with Gasteiger partial charge in [-0.15, -0.1) is 0 Å². The number of nitrogens with zero attached hydrogens (tertiary/aromatic N) is 3. The predicted octanol–water partition coefficient (Wildman–Crippen LogP) is 3.67. The molecule has 1 aromatic heterocycles. The second-order valence-corrected chi connectivity index (χ2v) is 8.78. The fourth-order valence-electron chi connectivity index (χ4n) is 5.22. The SMILES string of the molecule is O=C(Nc1ccnn1C1CCN(C2Cc3ccccc3C2)CC1)c1ccc2c(c1)OCO2. The molecule has 0 radical (unpaired) electrons. The van der Waals surface area contributed by atoms with E-state index in [-0.39, 0.29) is 18.7 Å². The molecule has 1 fully saturated rings. The first-order chi connectivity index (χ1) is 15.7. The van der Waals surface area contributed by atoms with E-state index in [4.69, 9.17) is 9.47 Å². The third-order valence-corrected chi connectivity index (χ3v) is 6.94. The lowest BCUT2D eigenvalue weighted by molar-refractivity contribution is 0.102. The number of fused-ring (bicyclic) bond motifs is 2. The van der Waals surface area contributed by atoms with Crippen LogP contribution in [0.1, 0.15) is 40.4 Å². The maximum Gasteiger partial charge on any atom is 0.256 e. The Labute approximate surface area is 186 Å². The van der Waals surface area contributed by atoms with Crippen molar-refractivity contribution in [1.29, 1.82) is 0 Å². The highest BCUT2D eigenvalue weighted by Crippen LogP contribution is 2.33. The molecule has 0 spiro atoms. The second kappa shape index (κ2) is 7.98. The summed E-state index contributed by atoms with van der Waals surface area (Å²) in [5.41, 5.74) is 3.54. The Morgan fingerprint density at radius 1 is 0.938 bits per heavy atom. The van der Waals surface area contributed by atoms with Crippen LogP contribution in [0.2, 0.25) is 0 Å². The number of hydrogen-bond donors (Lipinski definition) is 1. The van der Waals surface area contributed by atoms with Crippen molar-refractivity contribution in [3.8, 4) is 11.5 Å². The molecular weight excluding hydrogens is 404 g/mol. The van der Waals surface area contributed by atoms with E-state index in [9.17, 15) is 4.79 Å². The number of amides is 1. The molecule has 1 saturated heterocycles. The molecule has 0 saturated carbocycles. The second-order valence-electron chi connectivity index (χ2n) is 8.78. The molecule has 3 aromatic rings. The fraction of sp³-hybridized carbons (Fsp3) is 0.360. The van der Waals surface area contributed by atoms with Crippen LogP contribution in [-0.4, -0.2) is 46.5 Å². The standard InChI is InChI=1S/C25H26N4O3/c30-25(19-5-6-22-23(15-19)32-16-31-22)27-24-7-10-26-29(24)20-8-11-28(12-9-20)21-13-17-3-1-2-4-18(17)14-21/h1-7,10,15,20-21H,8-9,11-14,16H2,(H,27,30). The van der Waals surface area contributed by atoms with Gasteiger partial charge in [-0.1, -0.05) is 24.3 Å². The first kappa shape index (κ1) is 19.4. The van der Waals surface area contributed by atoms with Crippen molar-refractivity contribution in [3.05, 3.63) is 71.4 Å². The van der Waals surface area contributed by atoms with Gasteiger partial charge in [0.15, 0.2) is 11.5 Å². The van der Waals surface area contributed by atoms with Gasteiger partial charge in [-0.05, 0) is 55.0 Å². The maximum absolute atomic E-state index is 12.8. The summed E-state index contributed by atoms with van der Waals surface area (Å²) in [6.07, 6.45) is 6.12. The summed E-state index contributed by atoms with van der Waals surface area (Å²) in [5.74, 6) is 1.84. The van der Waals surface area contributed by atoms with Crippen LogP contribution in [-0.2, 0) is 12.8 Å². The minimum Gasteiger partial charge on any atom is -0.454 e. The van der Waals surface area contributed by atoms with Gasteiger partial charge in [-0.2, -0.15) is 5.10 Å². The molecule has 0 unspecified atom stereocenters. The Morgan fingerprint density at radius 3 is 2.47 bits per heavy atom. The number of ether oxygens (including phenoxy) is 2. The average Bonchev–Trinajstić information content (AvgIpc) is 3.57. The van der Waals surface area contributed by atoms with Gasteiger partial charge in [0.2, 0.25) is 6.79 Å². The van der Waals surface area contributed by atoms with E-state index < -0.39 is 0 Å². The summed E-state index contributed by atoms with van der Waals surface area (Å²) in [6, 6.07) is 16.8. The molecule has 32 heavy (non-hydrogen) atoms. The number of benzene rings is 2. The lowest BCUT2D eigenvalue weighted by atomic mass is 10.0. The summed E-state index contributed by atoms with van der Waals surface area (Å²) < 4.78 is 12.7. The van der Waals surface area contributed by atoms with Crippen molar-refractivity contribution in [2.45, 2.75) is 37.8 Å². The quantitative estimate of drug-likeness (QED) is 0.684. The number of rotatable bonds is 4. The van der Waals surface area contributed by atoms with E-state index in [0.29, 0.717) is 23.1 Å². The Kier molecular flexibility index (Phi) is 4.83. The van der Waals surface area contributed by atoms with E-state index >= 15 is 0 Å². The molecule has 7 nitrogen and oxygen atoms in total. The number of nitrogens with one attached hydrogen (secondary N) is 1. The summed E-state index contributed by atoms with van der Waals surface area (Å²) in [7, 11) is 0. The van der Waals surface area contributed by atoms with Gasteiger partial charge in [-0.25, -0.2) is 4.68 Å². The first-order valence-corrected chi connectivity index (χ1v) is 11.3. The molecule has 2 aromatic carbocycles. The number of carbonyl (C=O) groups excluding carboxylic acids is 1. The number of piperidine rings is 1. The Balaban J connectivity index is 1.09. The van der Waals surface area contributed by atoms with Crippen LogP contribution in [0.4, 0.5) is 5.82 Å². The van der Waals surface area contributed by atoms with Gasteiger partial charge in [0.25, 0.3) is 5.91 Å². The van der Waals surface area contributed by atoms with Crippen LogP contribution in [0.5, 0.6) is 11.5 Å². The van der Waals surface area contributed by atoms with Gasteiger partial charge in [0.1, 0.15) is 5.82 Å². The Bertz CT molecular complexity index is 1120. The maximum atomic E-state index is 12.8. The van der Waals surface area contributed by atoms with E-state index in [1.807, 2.05) is 10.7 Å². The highest BCUT2D eigenvalue weighted by molar-refractivity contribution is 6.04. The lowest BCUT2D eigenvalue weighted by Gasteiger charge is -2.36. The molecule has 7 heteroatoms. The normalized spacial score (nSPS) is 18.6. The van der Waals surface area contributed by atoms with E-state index in [1.165, 1.54) is 11.1 Å². The third kappa shape index (κ3) is 3.52. The number of hydrogen-bond acceptors (Lipinski definition) is 5. The van der Waals surface area contributed by atoms with E-state index in [1.54, 1.807) is 24.4 Å². The highest BCUT2D eigenvalue weighted by Gasteiger charge is 2.31. The topological polar surface area (TPSA) is 68.6 Å². The Morgan fingerprint density at radius 2 is 1.69 bits per heavy atom. The molecule has 6 rings (SSSR count). The van der Waals surface area contributed by atoms with Gasteiger partial charge in [0, 0.05) is 30.8 Å². The minimum atomic E-state index is -0.175. The van der Waals surface area contributed by atoms with Crippen LogP contribution in [0.3, 0.4) is 0 Å². The summed E-state index contributed by atoms with van der Waals surface area (Å²) in [4.78, 5) is 15.5. The number of likely N-dealkylation sites (tertiary alicyclic amines) is 1. The molecule has 1 amide bonds. The molecule has 3 heterocycles. The number of carbonyl (C=O) groups is 1. The zero-order chi connectivity index (χ0) is 21.5. The molecular formula is C25H26N4O3. The van der Waals surface area contributed by atoms with E-state index in [0.717, 1.165) is 44.6 Å². The van der Waals surface area contributed by atoms with Gasteiger partial charge in [-0.3, -0.25) is 9.69 Å². The molecule has 0 atom stereocenters. The van der Waals surface area contributed by atoms with Crippen LogP contribution < -0.4 is 14.8 Å². The summed E-state index contributed by atoms with van der Waals surface area (Å²) >= 11 is 0. The summed E-state index contributed by atoms with van der Waals surface area (Å²) in [5, 5.41) is 7.56. The molecule has 2 aliphatic heterocycles. The number of anilines is 1. The van der Waals surface area contributed by atoms with Crippen LogP contribution >= 0.6 is 0 Å². The zero-order valence-corrected chi connectivity index (χ0v) is 17.9. The van der Waals surface area contributed by atoms with Crippen LogP contribution in [0, 0.1) is 0 Å². The van der Waals surface area contributed by atoms with Gasteiger partial charge >= 0.3 is 0 Å². The predicted molar refractivity (Wildman–Crippen MR) is 120 cm³/mol. The number of aromatic nitrogens is 2. The van der Waals surface area contributed by atoms with Crippen molar-refractivity contribution in [1.82, 2.24) is 14.7 Å². The fourth-order valence-corrected chi connectivity index (χ4v) is 5.22. The van der Waals surface area contributed by atoms with Crippen molar-refractivity contribution in [2.75, 3.05) is 25.2 Å². The average molecular weight is 431 g/mol. The third-order valence-electron chi connectivity index (χ3n) is 6.94. The van der Waals surface area contributed by atoms with Crippen LogP contribution in [0.25, 0.3) is 0 Å². The lowest BCUT2D eigenvalue weighted by Crippen LogP contribution is -2.42. The van der Waals surface area contributed by atoms with Crippen molar-refractivity contribution in [2.24, 2.45) is 0 Å². The van der Waals surface area contributed by atoms with Crippen molar-refractivity contribution >= 4 is 11.7 Å². The largest absolute Gasteiger partial charge is 0.454 e. The minimum absolute atomic E-state index is 0.175. The van der Waals surface area contributed by atoms with Crippen molar-refractivity contribution in [3.63, 3.8) is 0 Å². The monoisotopic (exact) mass is 430 g/mol. The molecule has 1 aliphatic carbocycles. The van der Waals surface area contributed by atoms with Gasteiger partial charge in [0.05, 0.1) is 12.2 Å². The summed E-state index contributed by atoms with van der Waals surface area (Å²) in [6.45, 7) is 2.30. The molecule has 0 bridgehead atoms.